The highest BCUT2D eigenvalue weighted by Gasteiger charge is 2.25. The van der Waals surface area contributed by atoms with Crippen LogP contribution in [0.4, 0.5) is 0 Å². The molecule has 0 unspecified atom stereocenters. The van der Waals surface area contributed by atoms with Gasteiger partial charge in [-0.1, -0.05) is 50.6 Å². The van der Waals surface area contributed by atoms with E-state index in [4.69, 9.17) is 0 Å². The van der Waals surface area contributed by atoms with E-state index < -0.39 is 6.04 Å². The molecule has 2 amide bonds. The number of amides is 2. The van der Waals surface area contributed by atoms with Crippen LogP contribution in [0.5, 0.6) is 0 Å². The van der Waals surface area contributed by atoms with E-state index in [1.54, 1.807) is 19.1 Å². The van der Waals surface area contributed by atoms with E-state index in [0.29, 0.717) is 12.0 Å². The summed E-state index contributed by atoms with van der Waals surface area (Å²) in [7, 11) is 1.32. The number of benzene rings is 1. The highest BCUT2D eigenvalue weighted by molar-refractivity contribution is 5.89. The molecule has 1 aromatic rings. The number of rotatable bonds is 9. The molecule has 2 atom stereocenters. The van der Waals surface area contributed by atoms with Gasteiger partial charge in [-0.15, -0.1) is 0 Å². The summed E-state index contributed by atoms with van der Waals surface area (Å²) in [5.41, 5.74) is 0.699. The van der Waals surface area contributed by atoms with Crippen molar-refractivity contribution in [1.29, 1.82) is 0 Å². The maximum absolute atomic E-state index is 12.7. The zero-order valence-electron chi connectivity index (χ0n) is 14.5. The van der Waals surface area contributed by atoms with Crippen molar-refractivity contribution in [2.24, 2.45) is 0 Å². The quantitative estimate of drug-likeness (QED) is 0.677. The summed E-state index contributed by atoms with van der Waals surface area (Å²) in [6.45, 7) is 3.70. The van der Waals surface area contributed by atoms with Gasteiger partial charge in [0.2, 0.25) is 11.8 Å². The van der Waals surface area contributed by atoms with Crippen molar-refractivity contribution in [2.75, 3.05) is 7.11 Å². The SMILES string of the molecule is CCC[C@@H](CC(=O)OC)NC(=O)[C@@H](NC(=O)CC)c1ccccc1. The smallest absolute Gasteiger partial charge is 0.307 e. The fourth-order valence-corrected chi connectivity index (χ4v) is 2.35. The second-order valence-corrected chi connectivity index (χ2v) is 5.54. The van der Waals surface area contributed by atoms with E-state index in [9.17, 15) is 14.4 Å². The van der Waals surface area contributed by atoms with Crippen LogP contribution in [0.3, 0.4) is 0 Å². The summed E-state index contributed by atoms with van der Waals surface area (Å²) in [4.78, 5) is 35.9. The van der Waals surface area contributed by atoms with Crippen LogP contribution >= 0.6 is 0 Å². The second-order valence-electron chi connectivity index (χ2n) is 5.54. The van der Waals surface area contributed by atoms with Gasteiger partial charge in [0.25, 0.3) is 0 Å². The summed E-state index contributed by atoms with van der Waals surface area (Å²) in [5.74, 6) is -0.910. The highest BCUT2D eigenvalue weighted by atomic mass is 16.5. The minimum absolute atomic E-state index is 0.110. The molecule has 1 aromatic carbocycles. The summed E-state index contributed by atoms with van der Waals surface area (Å²) >= 11 is 0. The number of nitrogens with one attached hydrogen (secondary N) is 2. The van der Waals surface area contributed by atoms with E-state index in [1.807, 2.05) is 25.1 Å². The zero-order valence-corrected chi connectivity index (χ0v) is 14.5. The molecule has 24 heavy (non-hydrogen) atoms. The lowest BCUT2D eigenvalue weighted by molar-refractivity contribution is -0.141. The first-order valence-corrected chi connectivity index (χ1v) is 8.23. The standard InChI is InChI=1S/C18H26N2O4/c1-4-9-14(12-16(22)24-3)19-18(23)17(20-15(21)5-2)13-10-7-6-8-11-13/h6-8,10-11,14,17H,4-5,9,12H2,1-3H3,(H,19,23)(H,20,21)/t14-,17-/m0/s1. The Bertz CT molecular complexity index is 545. The van der Waals surface area contributed by atoms with E-state index in [1.165, 1.54) is 7.11 Å². The zero-order chi connectivity index (χ0) is 17.9. The first kappa shape index (κ1) is 19.7. The molecule has 0 spiro atoms. The lowest BCUT2D eigenvalue weighted by Gasteiger charge is -2.23. The number of esters is 1. The van der Waals surface area contributed by atoms with Crippen LogP contribution in [-0.2, 0) is 19.1 Å². The maximum atomic E-state index is 12.7. The number of methoxy groups -OCH3 is 1. The third-order valence-corrected chi connectivity index (χ3v) is 3.65. The molecule has 0 aliphatic heterocycles. The average Bonchev–Trinajstić information content (AvgIpc) is 2.59. The van der Waals surface area contributed by atoms with Crippen molar-refractivity contribution in [1.82, 2.24) is 10.6 Å². The van der Waals surface area contributed by atoms with Gasteiger partial charge in [0.15, 0.2) is 0 Å². The van der Waals surface area contributed by atoms with Gasteiger partial charge in [-0.2, -0.15) is 0 Å². The Morgan fingerprint density at radius 1 is 1.08 bits per heavy atom. The van der Waals surface area contributed by atoms with Crippen LogP contribution in [-0.4, -0.2) is 30.9 Å². The lowest BCUT2D eigenvalue weighted by atomic mass is 10.0. The van der Waals surface area contributed by atoms with Gasteiger partial charge >= 0.3 is 5.97 Å². The first-order valence-electron chi connectivity index (χ1n) is 8.23. The van der Waals surface area contributed by atoms with Gasteiger partial charge in [0.1, 0.15) is 6.04 Å². The Labute approximate surface area is 143 Å². The molecule has 0 fully saturated rings. The van der Waals surface area contributed by atoms with E-state index in [2.05, 4.69) is 15.4 Å². The number of hydrogen-bond donors (Lipinski definition) is 2. The van der Waals surface area contributed by atoms with Crippen molar-refractivity contribution < 1.29 is 19.1 Å². The Balaban J connectivity index is 2.89. The Kier molecular flexibility index (Phi) is 8.54. The molecule has 132 valence electrons. The predicted molar refractivity (Wildman–Crippen MR) is 91.1 cm³/mol. The third kappa shape index (κ3) is 6.40. The fraction of sp³-hybridized carbons (Fsp3) is 0.500. The molecule has 1 rings (SSSR count). The fourth-order valence-electron chi connectivity index (χ4n) is 2.35. The highest BCUT2D eigenvalue weighted by Crippen LogP contribution is 2.14. The van der Waals surface area contributed by atoms with Gasteiger partial charge in [-0.3, -0.25) is 14.4 Å². The molecule has 2 N–H and O–H groups in total. The van der Waals surface area contributed by atoms with Crippen molar-refractivity contribution in [3.8, 4) is 0 Å². The van der Waals surface area contributed by atoms with Crippen molar-refractivity contribution >= 4 is 17.8 Å². The molecule has 0 aliphatic carbocycles. The normalized spacial score (nSPS) is 12.8. The maximum Gasteiger partial charge on any atom is 0.307 e. The molecule has 0 bridgehead atoms. The monoisotopic (exact) mass is 334 g/mol. The Morgan fingerprint density at radius 3 is 2.29 bits per heavy atom. The molecule has 6 heteroatoms. The minimum atomic E-state index is -0.782. The second kappa shape index (κ2) is 10.4. The molecule has 0 saturated carbocycles. The molecular formula is C18H26N2O4. The van der Waals surface area contributed by atoms with E-state index in [0.717, 1.165) is 6.42 Å². The van der Waals surface area contributed by atoms with E-state index in [-0.39, 0.29) is 36.7 Å². The van der Waals surface area contributed by atoms with Gasteiger partial charge in [-0.05, 0) is 12.0 Å². The third-order valence-electron chi connectivity index (χ3n) is 3.65. The van der Waals surface area contributed by atoms with Crippen molar-refractivity contribution in [3.05, 3.63) is 35.9 Å². The predicted octanol–water partition coefficient (Wildman–Crippen LogP) is 2.10. The van der Waals surface area contributed by atoms with Crippen LogP contribution in [0, 0.1) is 0 Å². The van der Waals surface area contributed by atoms with Gasteiger partial charge in [0, 0.05) is 12.5 Å². The number of carbonyl (C=O) groups is 3. The van der Waals surface area contributed by atoms with E-state index >= 15 is 0 Å². The molecule has 0 aromatic heterocycles. The van der Waals surface area contributed by atoms with Crippen LogP contribution in [0.15, 0.2) is 30.3 Å². The van der Waals surface area contributed by atoms with Crippen molar-refractivity contribution in [2.45, 2.75) is 51.6 Å². The van der Waals surface area contributed by atoms with Crippen LogP contribution in [0.2, 0.25) is 0 Å². The molecular weight excluding hydrogens is 308 g/mol. The molecule has 6 nitrogen and oxygen atoms in total. The summed E-state index contributed by atoms with van der Waals surface area (Å²) in [5, 5.41) is 5.59. The van der Waals surface area contributed by atoms with Gasteiger partial charge in [0.05, 0.1) is 13.5 Å². The summed E-state index contributed by atoms with van der Waals surface area (Å²) in [6.07, 6.45) is 1.87. The largest absolute Gasteiger partial charge is 0.469 e. The number of hydrogen-bond acceptors (Lipinski definition) is 4. The summed E-state index contributed by atoms with van der Waals surface area (Å²) < 4.78 is 4.68. The minimum Gasteiger partial charge on any atom is -0.469 e. The summed E-state index contributed by atoms with van der Waals surface area (Å²) in [6, 6.07) is 7.94. The van der Waals surface area contributed by atoms with Crippen molar-refractivity contribution in [3.63, 3.8) is 0 Å². The topological polar surface area (TPSA) is 84.5 Å². The molecule has 0 radical (unpaired) electrons. The van der Waals surface area contributed by atoms with Crippen LogP contribution < -0.4 is 10.6 Å². The number of ether oxygens (including phenoxy) is 1. The molecule has 0 aliphatic rings. The Morgan fingerprint density at radius 2 is 1.75 bits per heavy atom. The lowest BCUT2D eigenvalue weighted by Crippen LogP contribution is -2.45. The molecule has 0 saturated heterocycles. The number of carbonyl (C=O) groups excluding carboxylic acids is 3. The van der Waals surface area contributed by atoms with Crippen LogP contribution in [0.25, 0.3) is 0 Å². The molecule has 0 heterocycles. The van der Waals surface area contributed by atoms with Gasteiger partial charge in [-0.25, -0.2) is 0 Å². The van der Waals surface area contributed by atoms with Crippen LogP contribution in [0.1, 0.15) is 51.1 Å². The Hall–Kier alpha value is -2.37. The average molecular weight is 334 g/mol. The van der Waals surface area contributed by atoms with Gasteiger partial charge < -0.3 is 15.4 Å². The first-order chi connectivity index (χ1) is 11.5.